The summed E-state index contributed by atoms with van der Waals surface area (Å²) < 4.78 is 14.6. The van der Waals surface area contributed by atoms with E-state index in [1.807, 2.05) is 39.0 Å². The largest absolute Gasteiger partial charge is 0.349 e. The van der Waals surface area contributed by atoms with Gasteiger partial charge in [-0.25, -0.2) is 24.0 Å². The molecule has 0 bridgehead atoms. The minimum Gasteiger partial charge on any atom is -0.349 e. The molecule has 0 unspecified atom stereocenters. The predicted molar refractivity (Wildman–Crippen MR) is 140 cm³/mol. The van der Waals surface area contributed by atoms with Crippen molar-refractivity contribution in [3.63, 3.8) is 0 Å². The summed E-state index contributed by atoms with van der Waals surface area (Å²) in [4.78, 5) is 27.0. The molecule has 1 saturated carbocycles. The summed E-state index contributed by atoms with van der Waals surface area (Å²) in [5, 5.41) is 17.5. The number of nitrogens with zero attached hydrogens (tertiary/aromatic N) is 6. The van der Waals surface area contributed by atoms with E-state index in [1.54, 1.807) is 12.3 Å². The van der Waals surface area contributed by atoms with Gasteiger partial charge in [0.2, 0.25) is 5.91 Å². The molecule has 1 amide bonds. The van der Waals surface area contributed by atoms with Crippen LogP contribution in [0, 0.1) is 31.5 Å². The number of pyridine rings is 1. The lowest BCUT2D eigenvalue weighted by atomic mass is 9.74. The molecule has 4 atom stereocenters. The van der Waals surface area contributed by atoms with E-state index in [-0.39, 0.29) is 29.7 Å². The van der Waals surface area contributed by atoms with E-state index >= 15 is 0 Å². The van der Waals surface area contributed by atoms with Gasteiger partial charge in [-0.1, -0.05) is 13.0 Å². The maximum absolute atomic E-state index is 13.2. The molecule has 1 aliphatic rings. The molecule has 10 nitrogen and oxygen atoms in total. The molecule has 4 aromatic heterocycles. The number of H-pyrrole nitrogens is 1. The van der Waals surface area contributed by atoms with Crippen molar-refractivity contribution in [1.29, 1.82) is 0 Å². The SMILES string of the molecule is Cc1cc(Nc2cc(C)[nH]n2)nc([C@@H]2CC[C@@H](C(=O)N[C@@H](C)c3ccc(-n4cc(F)cn4)nc3)[C@@H](C)C2)n1. The summed E-state index contributed by atoms with van der Waals surface area (Å²) >= 11 is 0. The van der Waals surface area contributed by atoms with Gasteiger partial charge >= 0.3 is 0 Å². The van der Waals surface area contributed by atoms with Crippen molar-refractivity contribution in [1.82, 2.24) is 40.2 Å². The summed E-state index contributed by atoms with van der Waals surface area (Å²) in [6.45, 7) is 7.98. The molecule has 11 heteroatoms. The molecule has 38 heavy (non-hydrogen) atoms. The Hall–Kier alpha value is -4.15. The molecule has 3 N–H and O–H groups in total. The van der Waals surface area contributed by atoms with E-state index in [2.05, 4.69) is 37.8 Å². The number of hydrogen-bond donors (Lipinski definition) is 3. The molecule has 198 valence electrons. The highest BCUT2D eigenvalue weighted by molar-refractivity contribution is 5.79. The molecule has 5 rings (SSSR count). The van der Waals surface area contributed by atoms with E-state index in [4.69, 9.17) is 9.97 Å². The Labute approximate surface area is 220 Å². The van der Waals surface area contributed by atoms with Gasteiger partial charge in [0.05, 0.1) is 18.4 Å². The summed E-state index contributed by atoms with van der Waals surface area (Å²) in [6.07, 6.45) is 6.54. The zero-order valence-corrected chi connectivity index (χ0v) is 21.9. The van der Waals surface area contributed by atoms with Crippen molar-refractivity contribution in [2.45, 2.75) is 58.9 Å². The Morgan fingerprint density at radius 3 is 2.66 bits per heavy atom. The van der Waals surface area contributed by atoms with Gasteiger partial charge in [-0.3, -0.25) is 9.89 Å². The summed E-state index contributed by atoms with van der Waals surface area (Å²) in [5.41, 5.74) is 2.73. The van der Waals surface area contributed by atoms with Gasteiger partial charge in [0.25, 0.3) is 0 Å². The molecule has 0 spiro atoms. The van der Waals surface area contributed by atoms with Crippen molar-refractivity contribution in [2.24, 2.45) is 11.8 Å². The number of hydrogen-bond acceptors (Lipinski definition) is 7. The minimum atomic E-state index is -0.421. The number of aromatic amines is 1. The molecule has 4 heterocycles. The van der Waals surface area contributed by atoms with Crippen molar-refractivity contribution in [3.05, 3.63) is 71.4 Å². The molecular formula is C27H32FN9O. The van der Waals surface area contributed by atoms with Gasteiger partial charge < -0.3 is 10.6 Å². The van der Waals surface area contributed by atoms with Gasteiger partial charge in [0, 0.05) is 41.6 Å². The maximum Gasteiger partial charge on any atom is 0.223 e. The third-order valence-electron chi connectivity index (χ3n) is 7.12. The van der Waals surface area contributed by atoms with Gasteiger partial charge in [0.1, 0.15) is 11.6 Å². The highest BCUT2D eigenvalue weighted by atomic mass is 19.1. The molecule has 1 aliphatic carbocycles. The van der Waals surface area contributed by atoms with Gasteiger partial charge in [0.15, 0.2) is 17.5 Å². The fraction of sp³-hybridized carbons (Fsp3) is 0.407. The van der Waals surface area contributed by atoms with Crippen LogP contribution in [-0.2, 0) is 4.79 Å². The van der Waals surface area contributed by atoms with Crippen molar-refractivity contribution in [2.75, 3.05) is 5.32 Å². The Bertz CT molecular complexity index is 1410. The predicted octanol–water partition coefficient (Wildman–Crippen LogP) is 4.68. The minimum absolute atomic E-state index is 0.0445. The number of aryl methyl sites for hydroxylation is 2. The van der Waals surface area contributed by atoms with Crippen molar-refractivity contribution in [3.8, 4) is 5.82 Å². The molecule has 0 aromatic carbocycles. The van der Waals surface area contributed by atoms with Gasteiger partial charge in [-0.2, -0.15) is 10.2 Å². The normalized spacial score (nSPS) is 20.2. The lowest BCUT2D eigenvalue weighted by Crippen LogP contribution is -2.38. The highest BCUT2D eigenvalue weighted by Crippen LogP contribution is 2.39. The van der Waals surface area contributed by atoms with Crippen molar-refractivity contribution < 1.29 is 9.18 Å². The van der Waals surface area contributed by atoms with Crippen LogP contribution in [0.1, 0.15) is 67.8 Å². The monoisotopic (exact) mass is 517 g/mol. The van der Waals surface area contributed by atoms with Gasteiger partial charge in [-0.15, -0.1) is 0 Å². The van der Waals surface area contributed by atoms with Gasteiger partial charge in [-0.05, 0) is 57.6 Å². The van der Waals surface area contributed by atoms with Crippen LogP contribution in [0.3, 0.4) is 0 Å². The van der Waals surface area contributed by atoms with E-state index in [9.17, 15) is 9.18 Å². The second-order valence-corrected chi connectivity index (χ2v) is 10.2. The zero-order valence-electron chi connectivity index (χ0n) is 21.9. The molecule has 0 radical (unpaired) electrons. The lowest BCUT2D eigenvalue weighted by molar-refractivity contribution is -0.128. The Morgan fingerprint density at radius 1 is 1.16 bits per heavy atom. The standard InChI is InChI=1S/C27H32FN9O/c1-15-9-19(26-31-16(2)10-23(34-26)33-24-11-17(3)35-36-24)5-7-22(15)27(38)32-18(4)20-6-8-25(29-12-20)37-14-21(28)13-30-37/h6,8,10-15,18-19,22H,5,7,9H2,1-4H3,(H,32,38)(H2,31,33,34,35,36)/t15-,18-,19+,22+/m0/s1. The van der Waals surface area contributed by atoms with Crippen LogP contribution in [0.4, 0.5) is 16.0 Å². The number of anilines is 2. The fourth-order valence-corrected chi connectivity index (χ4v) is 5.09. The number of carbonyl (C=O) groups is 1. The van der Waals surface area contributed by atoms with Crippen LogP contribution in [0.5, 0.6) is 0 Å². The number of aromatic nitrogens is 7. The smallest absolute Gasteiger partial charge is 0.223 e. The number of amides is 1. The highest BCUT2D eigenvalue weighted by Gasteiger charge is 2.34. The first-order valence-electron chi connectivity index (χ1n) is 12.9. The van der Waals surface area contributed by atoms with Crippen LogP contribution in [0.25, 0.3) is 5.82 Å². The zero-order chi connectivity index (χ0) is 26.8. The number of nitrogens with one attached hydrogen (secondary N) is 3. The number of rotatable bonds is 7. The Morgan fingerprint density at radius 2 is 2.00 bits per heavy atom. The summed E-state index contributed by atoms with van der Waals surface area (Å²) in [6, 6.07) is 7.26. The Balaban J connectivity index is 1.19. The van der Waals surface area contributed by atoms with Crippen LogP contribution in [0.15, 0.2) is 42.9 Å². The second-order valence-electron chi connectivity index (χ2n) is 10.2. The van der Waals surface area contributed by atoms with Crippen LogP contribution in [-0.4, -0.2) is 40.8 Å². The molecule has 0 saturated heterocycles. The summed E-state index contributed by atoms with van der Waals surface area (Å²) in [5.74, 6) is 2.68. The summed E-state index contributed by atoms with van der Waals surface area (Å²) in [7, 11) is 0. The first-order chi connectivity index (χ1) is 18.2. The molecule has 0 aliphatic heterocycles. The molecule has 4 aromatic rings. The molecular weight excluding hydrogens is 485 g/mol. The van der Waals surface area contributed by atoms with E-state index in [0.717, 1.165) is 59.9 Å². The third kappa shape index (κ3) is 5.71. The van der Waals surface area contributed by atoms with E-state index < -0.39 is 5.82 Å². The fourth-order valence-electron chi connectivity index (χ4n) is 5.09. The van der Waals surface area contributed by atoms with E-state index in [0.29, 0.717) is 5.82 Å². The number of halogens is 1. The average Bonchev–Trinajstić information content (AvgIpc) is 3.51. The first kappa shape index (κ1) is 25.5. The Kier molecular flexibility index (Phi) is 7.17. The third-order valence-corrected chi connectivity index (χ3v) is 7.12. The van der Waals surface area contributed by atoms with Crippen LogP contribution >= 0.6 is 0 Å². The second kappa shape index (κ2) is 10.7. The quantitative estimate of drug-likeness (QED) is 0.325. The van der Waals surface area contributed by atoms with E-state index in [1.165, 1.54) is 10.9 Å². The number of carbonyl (C=O) groups excluding carboxylic acids is 1. The van der Waals surface area contributed by atoms with Crippen LogP contribution < -0.4 is 10.6 Å². The maximum atomic E-state index is 13.2. The average molecular weight is 518 g/mol. The topological polar surface area (TPSA) is 126 Å². The van der Waals surface area contributed by atoms with Crippen LogP contribution in [0.2, 0.25) is 0 Å². The lowest BCUT2D eigenvalue weighted by Gasteiger charge is -2.33. The molecule has 1 fully saturated rings. The first-order valence-corrected chi connectivity index (χ1v) is 12.9. The van der Waals surface area contributed by atoms with Crippen molar-refractivity contribution >= 4 is 17.5 Å².